The smallest absolute Gasteiger partial charge is 0.226 e. The fourth-order valence-corrected chi connectivity index (χ4v) is 4.59. The fraction of sp³-hybridized carbons (Fsp3) is 0.700. The van der Waals surface area contributed by atoms with Crippen molar-refractivity contribution in [3.05, 3.63) is 30.1 Å². The Morgan fingerprint density at radius 2 is 2.16 bits per heavy atom. The molecule has 2 atom stereocenters. The summed E-state index contributed by atoms with van der Waals surface area (Å²) in [6, 6.07) is 6.31. The quantitative estimate of drug-likeness (QED) is 0.912. The maximum Gasteiger partial charge on any atom is 0.226 e. The molecule has 0 aromatic carbocycles. The van der Waals surface area contributed by atoms with E-state index in [0.717, 1.165) is 70.5 Å². The molecule has 1 amide bonds. The van der Waals surface area contributed by atoms with Crippen LogP contribution >= 0.6 is 0 Å². The van der Waals surface area contributed by atoms with E-state index in [0.29, 0.717) is 18.5 Å². The average molecular weight is 343 g/mol. The van der Waals surface area contributed by atoms with Gasteiger partial charge < -0.3 is 15.0 Å². The first kappa shape index (κ1) is 17.0. The van der Waals surface area contributed by atoms with Gasteiger partial charge in [-0.15, -0.1) is 0 Å². The van der Waals surface area contributed by atoms with Crippen LogP contribution in [0.3, 0.4) is 0 Å². The lowest BCUT2D eigenvalue weighted by atomic mass is 9.93. The first-order valence-corrected chi connectivity index (χ1v) is 9.77. The van der Waals surface area contributed by atoms with Gasteiger partial charge in [0.2, 0.25) is 5.91 Å². The van der Waals surface area contributed by atoms with Gasteiger partial charge in [-0.3, -0.25) is 9.78 Å². The average Bonchev–Trinajstić information content (AvgIpc) is 3.40. The number of amides is 1. The molecule has 3 fully saturated rings. The zero-order valence-electron chi connectivity index (χ0n) is 15.0. The van der Waals surface area contributed by atoms with Crippen molar-refractivity contribution in [3.63, 3.8) is 0 Å². The second-order valence-electron chi connectivity index (χ2n) is 7.85. The van der Waals surface area contributed by atoms with Crippen LogP contribution < -0.4 is 5.32 Å². The minimum atomic E-state index is 0.205. The maximum atomic E-state index is 13.4. The minimum absolute atomic E-state index is 0.205. The normalized spacial score (nSPS) is 28.3. The van der Waals surface area contributed by atoms with Gasteiger partial charge in [0.05, 0.1) is 12.2 Å². The molecular formula is C20H29N3O2. The Morgan fingerprint density at radius 1 is 1.28 bits per heavy atom. The highest BCUT2D eigenvalue weighted by molar-refractivity contribution is 5.83. The summed E-state index contributed by atoms with van der Waals surface area (Å²) < 4.78 is 5.52. The van der Waals surface area contributed by atoms with Gasteiger partial charge in [-0.1, -0.05) is 6.07 Å². The van der Waals surface area contributed by atoms with Crippen LogP contribution in [0.15, 0.2) is 24.4 Å². The molecule has 136 valence electrons. The van der Waals surface area contributed by atoms with Gasteiger partial charge in [0.1, 0.15) is 0 Å². The van der Waals surface area contributed by atoms with E-state index >= 15 is 0 Å². The van der Waals surface area contributed by atoms with Crippen LogP contribution in [0, 0.1) is 11.3 Å². The number of carbonyl (C=O) groups excluding carboxylic acids is 1. The van der Waals surface area contributed by atoms with Crippen molar-refractivity contribution in [2.75, 3.05) is 26.3 Å². The lowest BCUT2D eigenvalue weighted by molar-refractivity contribution is -0.137. The SMILES string of the molecule is O=C([C@H]1CC12CCOCC2)N(Cc1ccccn1)[C@H]1CCCNCC1. The topological polar surface area (TPSA) is 54.5 Å². The molecule has 0 unspecified atom stereocenters. The molecule has 1 aromatic heterocycles. The van der Waals surface area contributed by atoms with Gasteiger partial charge in [0.25, 0.3) is 0 Å². The Balaban J connectivity index is 1.51. The van der Waals surface area contributed by atoms with Crippen molar-refractivity contribution in [1.29, 1.82) is 0 Å². The van der Waals surface area contributed by atoms with Crippen LogP contribution in [-0.4, -0.2) is 48.1 Å². The van der Waals surface area contributed by atoms with E-state index in [1.54, 1.807) is 0 Å². The number of nitrogens with one attached hydrogen (secondary N) is 1. The second-order valence-corrected chi connectivity index (χ2v) is 7.85. The molecule has 25 heavy (non-hydrogen) atoms. The summed E-state index contributed by atoms with van der Waals surface area (Å²) in [4.78, 5) is 20.1. The van der Waals surface area contributed by atoms with E-state index in [-0.39, 0.29) is 11.3 Å². The molecule has 3 aliphatic rings. The molecule has 4 rings (SSSR count). The van der Waals surface area contributed by atoms with Crippen LogP contribution in [0.1, 0.15) is 44.2 Å². The summed E-state index contributed by atoms with van der Waals surface area (Å²) in [5, 5.41) is 3.47. The lowest BCUT2D eigenvalue weighted by Gasteiger charge is -2.32. The van der Waals surface area contributed by atoms with Crippen LogP contribution in [0.4, 0.5) is 0 Å². The number of rotatable bonds is 4. The molecule has 5 nitrogen and oxygen atoms in total. The summed E-state index contributed by atoms with van der Waals surface area (Å²) in [6.45, 7) is 4.34. The highest BCUT2D eigenvalue weighted by Gasteiger charge is 2.59. The molecule has 0 bridgehead atoms. The summed E-state index contributed by atoms with van der Waals surface area (Å²) in [7, 11) is 0. The third-order valence-electron chi connectivity index (χ3n) is 6.30. The summed E-state index contributed by atoms with van der Waals surface area (Å²) in [5.74, 6) is 0.566. The van der Waals surface area contributed by atoms with Gasteiger partial charge in [0.15, 0.2) is 0 Å². The van der Waals surface area contributed by atoms with E-state index in [1.807, 2.05) is 24.4 Å². The van der Waals surface area contributed by atoms with E-state index in [9.17, 15) is 4.79 Å². The fourth-order valence-electron chi connectivity index (χ4n) is 4.59. The van der Waals surface area contributed by atoms with E-state index in [1.165, 1.54) is 0 Å². The summed E-state index contributed by atoms with van der Waals surface area (Å²) in [5.41, 5.74) is 1.23. The monoisotopic (exact) mass is 343 g/mol. The number of hydrogen-bond acceptors (Lipinski definition) is 4. The number of hydrogen-bond donors (Lipinski definition) is 1. The zero-order valence-corrected chi connectivity index (χ0v) is 15.0. The molecular weight excluding hydrogens is 314 g/mol. The van der Waals surface area contributed by atoms with Crippen LogP contribution in [0.2, 0.25) is 0 Å². The van der Waals surface area contributed by atoms with Crippen molar-refractivity contribution < 1.29 is 9.53 Å². The molecule has 2 saturated heterocycles. The zero-order chi connectivity index (χ0) is 17.1. The Morgan fingerprint density at radius 3 is 2.96 bits per heavy atom. The number of carbonyl (C=O) groups is 1. The number of ether oxygens (including phenoxy) is 1. The van der Waals surface area contributed by atoms with Crippen molar-refractivity contribution in [2.24, 2.45) is 11.3 Å². The largest absolute Gasteiger partial charge is 0.381 e. The Kier molecular flexibility index (Phi) is 5.04. The first-order valence-electron chi connectivity index (χ1n) is 9.77. The number of nitrogens with zero attached hydrogens (tertiary/aromatic N) is 2. The lowest BCUT2D eigenvalue weighted by Crippen LogP contribution is -2.42. The van der Waals surface area contributed by atoms with E-state index in [2.05, 4.69) is 15.2 Å². The van der Waals surface area contributed by atoms with Gasteiger partial charge in [-0.05, 0) is 69.2 Å². The molecule has 1 aliphatic carbocycles. The predicted octanol–water partition coefficient (Wildman–Crippen LogP) is 2.37. The summed E-state index contributed by atoms with van der Waals surface area (Å²) in [6.07, 6.45) is 8.25. The molecule has 2 aliphatic heterocycles. The second kappa shape index (κ2) is 7.42. The predicted molar refractivity (Wildman–Crippen MR) is 95.9 cm³/mol. The maximum absolute atomic E-state index is 13.4. The standard InChI is InChI=1S/C20H29N3O2/c24-19(18-14-20(18)7-12-25-13-8-20)23(15-16-4-1-2-10-22-16)17-5-3-9-21-11-6-17/h1-2,4,10,17-18,21H,3,5-9,11-15H2/t17-,18+/m0/s1. The highest BCUT2D eigenvalue weighted by Crippen LogP contribution is 2.60. The van der Waals surface area contributed by atoms with Gasteiger partial charge >= 0.3 is 0 Å². The Labute approximate surface area is 150 Å². The van der Waals surface area contributed by atoms with Crippen molar-refractivity contribution >= 4 is 5.91 Å². The van der Waals surface area contributed by atoms with Crippen molar-refractivity contribution in [1.82, 2.24) is 15.2 Å². The van der Waals surface area contributed by atoms with Crippen molar-refractivity contribution in [2.45, 2.75) is 51.1 Å². The van der Waals surface area contributed by atoms with Crippen LogP contribution in [-0.2, 0) is 16.1 Å². The third kappa shape index (κ3) is 3.72. The molecule has 1 N–H and O–H groups in total. The molecule has 5 heteroatoms. The van der Waals surface area contributed by atoms with E-state index < -0.39 is 0 Å². The molecule has 3 heterocycles. The highest BCUT2D eigenvalue weighted by atomic mass is 16.5. The van der Waals surface area contributed by atoms with Gasteiger partial charge in [-0.2, -0.15) is 0 Å². The van der Waals surface area contributed by atoms with Gasteiger partial charge in [-0.25, -0.2) is 0 Å². The van der Waals surface area contributed by atoms with E-state index in [4.69, 9.17) is 4.74 Å². The molecule has 1 aromatic rings. The molecule has 0 radical (unpaired) electrons. The first-order chi connectivity index (χ1) is 12.3. The van der Waals surface area contributed by atoms with Crippen molar-refractivity contribution in [3.8, 4) is 0 Å². The number of pyridine rings is 1. The number of aromatic nitrogens is 1. The van der Waals surface area contributed by atoms with Crippen LogP contribution in [0.25, 0.3) is 0 Å². The summed E-state index contributed by atoms with van der Waals surface area (Å²) >= 11 is 0. The Hall–Kier alpha value is -1.46. The molecule has 1 spiro atoms. The minimum Gasteiger partial charge on any atom is -0.381 e. The van der Waals surface area contributed by atoms with Gasteiger partial charge in [0, 0.05) is 31.4 Å². The third-order valence-corrected chi connectivity index (χ3v) is 6.30. The molecule has 1 saturated carbocycles. The van der Waals surface area contributed by atoms with Crippen LogP contribution in [0.5, 0.6) is 0 Å². The Bertz CT molecular complexity index is 578.